The lowest BCUT2D eigenvalue weighted by molar-refractivity contribution is 0.282. The molecule has 1 aliphatic rings. The molecule has 1 atom stereocenters. The van der Waals surface area contributed by atoms with Gasteiger partial charge in [0.2, 0.25) is 0 Å². The highest BCUT2D eigenvalue weighted by atomic mass is 15.1. The molecule has 1 saturated heterocycles. The van der Waals surface area contributed by atoms with Gasteiger partial charge in [0.25, 0.3) is 0 Å². The molecule has 0 aromatic carbocycles. The van der Waals surface area contributed by atoms with E-state index < -0.39 is 0 Å². The maximum atomic E-state index is 3.75. The number of rotatable bonds is 10. The Morgan fingerprint density at radius 3 is 2.71 bits per heavy atom. The predicted molar refractivity (Wildman–Crippen MR) is 76.4 cm³/mol. The Kier molecular flexibility index (Phi) is 8.37. The molecule has 1 fully saturated rings. The summed E-state index contributed by atoms with van der Waals surface area (Å²) in [6, 6.07) is 0. The molecule has 0 aliphatic carbocycles. The maximum Gasteiger partial charge on any atom is 0.00191 e. The summed E-state index contributed by atoms with van der Waals surface area (Å²) in [6.45, 7) is 12.4. The van der Waals surface area contributed by atoms with Crippen LogP contribution in [0.3, 0.4) is 0 Å². The summed E-state index contributed by atoms with van der Waals surface area (Å²) in [6.07, 6.45) is 9.95. The minimum atomic E-state index is 0.793. The summed E-state index contributed by atoms with van der Waals surface area (Å²) in [5.74, 6) is 0.793. The van der Waals surface area contributed by atoms with Crippen molar-refractivity contribution in [1.29, 1.82) is 0 Å². The molecule has 1 aliphatic heterocycles. The monoisotopic (exact) mass is 238 g/mol. The SMILES string of the molecule is C=CCCCCCNCC(C)CN1CCCC1. The number of hydrogen-bond donors (Lipinski definition) is 1. The van der Waals surface area contributed by atoms with Gasteiger partial charge in [0.1, 0.15) is 0 Å². The van der Waals surface area contributed by atoms with Crippen LogP contribution in [0.1, 0.15) is 45.4 Å². The first-order chi connectivity index (χ1) is 8.33. The largest absolute Gasteiger partial charge is 0.316 e. The minimum absolute atomic E-state index is 0.793. The molecule has 2 nitrogen and oxygen atoms in total. The highest BCUT2D eigenvalue weighted by Crippen LogP contribution is 2.09. The van der Waals surface area contributed by atoms with E-state index in [-0.39, 0.29) is 0 Å². The van der Waals surface area contributed by atoms with Crippen molar-refractivity contribution in [2.75, 3.05) is 32.7 Å². The van der Waals surface area contributed by atoms with Gasteiger partial charge in [0.05, 0.1) is 0 Å². The molecule has 100 valence electrons. The van der Waals surface area contributed by atoms with E-state index >= 15 is 0 Å². The van der Waals surface area contributed by atoms with Crippen molar-refractivity contribution < 1.29 is 0 Å². The van der Waals surface area contributed by atoms with Gasteiger partial charge in [-0.25, -0.2) is 0 Å². The Balaban J connectivity index is 1.85. The van der Waals surface area contributed by atoms with E-state index in [0.29, 0.717) is 0 Å². The summed E-state index contributed by atoms with van der Waals surface area (Å²) in [7, 11) is 0. The number of likely N-dealkylation sites (tertiary alicyclic amines) is 1. The average Bonchev–Trinajstić information content (AvgIpc) is 2.80. The standard InChI is InChI=1S/C15H30N2/c1-3-4-5-6-7-10-16-13-15(2)14-17-11-8-9-12-17/h3,15-16H,1,4-14H2,2H3. The van der Waals surface area contributed by atoms with Crippen LogP contribution < -0.4 is 5.32 Å². The van der Waals surface area contributed by atoms with E-state index in [1.54, 1.807) is 0 Å². The van der Waals surface area contributed by atoms with Crippen LogP contribution in [0.15, 0.2) is 12.7 Å². The fraction of sp³-hybridized carbons (Fsp3) is 0.867. The van der Waals surface area contributed by atoms with Crippen LogP contribution in [0.25, 0.3) is 0 Å². The third-order valence-corrected chi connectivity index (χ3v) is 3.52. The summed E-state index contributed by atoms with van der Waals surface area (Å²) < 4.78 is 0. The zero-order valence-electron chi connectivity index (χ0n) is 11.6. The number of unbranched alkanes of at least 4 members (excludes halogenated alkanes) is 3. The molecule has 1 heterocycles. The highest BCUT2D eigenvalue weighted by Gasteiger charge is 2.13. The van der Waals surface area contributed by atoms with Crippen LogP contribution in [0.5, 0.6) is 0 Å². The van der Waals surface area contributed by atoms with Gasteiger partial charge in [-0.2, -0.15) is 0 Å². The second-order valence-electron chi connectivity index (χ2n) is 5.46. The summed E-state index contributed by atoms with van der Waals surface area (Å²) in [4.78, 5) is 2.61. The number of nitrogens with zero attached hydrogens (tertiary/aromatic N) is 1. The van der Waals surface area contributed by atoms with Gasteiger partial charge in [0, 0.05) is 6.54 Å². The molecule has 0 amide bonds. The number of nitrogens with one attached hydrogen (secondary N) is 1. The van der Waals surface area contributed by atoms with Gasteiger partial charge in [-0.3, -0.25) is 0 Å². The van der Waals surface area contributed by atoms with E-state index in [4.69, 9.17) is 0 Å². The van der Waals surface area contributed by atoms with Crippen molar-refractivity contribution >= 4 is 0 Å². The molecule has 0 radical (unpaired) electrons. The van der Waals surface area contributed by atoms with Crippen molar-refractivity contribution in [3.8, 4) is 0 Å². The van der Waals surface area contributed by atoms with E-state index in [1.807, 2.05) is 6.08 Å². The molecule has 1 N–H and O–H groups in total. The summed E-state index contributed by atoms with van der Waals surface area (Å²) in [5.41, 5.74) is 0. The summed E-state index contributed by atoms with van der Waals surface area (Å²) >= 11 is 0. The Bertz CT molecular complexity index is 185. The lowest BCUT2D eigenvalue weighted by Crippen LogP contribution is -2.32. The molecule has 0 aromatic rings. The van der Waals surface area contributed by atoms with Gasteiger partial charge < -0.3 is 10.2 Å². The first kappa shape index (κ1) is 14.7. The molecule has 0 saturated carbocycles. The Morgan fingerprint density at radius 1 is 1.24 bits per heavy atom. The molecular formula is C15H30N2. The van der Waals surface area contributed by atoms with Crippen LogP contribution in [0.2, 0.25) is 0 Å². The molecule has 1 unspecified atom stereocenters. The predicted octanol–water partition coefficient (Wildman–Crippen LogP) is 3.05. The van der Waals surface area contributed by atoms with E-state index in [1.165, 1.54) is 71.2 Å². The fourth-order valence-electron chi connectivity index (χ4n) is 2.53. The van der Waals surface area contributed by atoms with Crippen molar-refractivity contribution in [3.63, 3.8) is 0 Å². The molecule has 0 aromatic heterocycles. The maximum absolute atomic E-state index is 3.75. The fourth-order valence-corrected chi connectivity index (χ4v) is 2.53. The normalized spacial score (nSPS) is 18.4. The zero-order valence-corrected chi connectivity index (χ0v) is 11.6. The van der Waals surface area contributed by atoms with E-state index in [2.05, 4.69) is 23.7 Å². The molecule has 0 bridgehead atoms. The molecule has 0 spiro atoms. The topological polar surface area (TPSA) is 15.3 Å². The van der Waals surface area contributed by atoms with Crippen LogP contribution in [-0.2, 0) is 0 Å². The zero-order chi connectivity index (χ0) is 12.3. The van der Waals surface area contributed by atoms with Crippen molar-refractivity contribution in [3.05, 3.63) is 12.7 Å². The first-order valence-electron chi connectivity index (χ1n) is 7.37. The van der Waals surface area contributed by atoms with Crippen molar-refractivity contribution in [2.45, 2.75) is 45.4 Å². The van der Waals surface area contributed by atoms with Gasteiger partial charge in [-0.1, -0.05) is 19.4 Å². The lowest BCUT2D eigenvalue weighted by Gasteiger charge is -2.20. The molecule has 2 heteroatoms. The third kappa shape index (κ3) is 7.56. The second-order valence-corrected chi connectivity index (χ2v) is 5.46. The Hall–Kier alpha value is -0.340. The molecular weight excluding hydrogens is 208 g/mol. The van der Waals surface area contributed by atoms with Gasteiger partial charge in [-0.05, 0) is 64.2 Å². The lowest BCUT2D eigenvalue weighted by atomic mass is 10.1. The van der Waals surface area contributed by atoms with Gasteiger partial charge in [0.15, 0.2) is 0 Å². The highest BCUT2D eigenvalue weighted by molar-refractivity contribution is 4.70. The van der Waals surface area contributed by atoms with Crippen molar-refractivity contribution in [1.82, 2.24) is 10.2 Å². The van der Waals surface area contributed by atoms with Crippen LogP contribution >= 0.6 is 0 Å². The van der Waals surface area contributed by atoms with Crippen molar-refractivity contribution in [2.24, 2.45) is 5.92 Å². The second kappa shape index (κ2) is 9.67. The third-order valence-electron chi connectivity index (χ3n) is 3.52. The Labute approximate surface area is 107 Å². The number of allylic oxidation sites excluding steroid dienone is 1. The van der Waals surface area contributed by atoms with E-state index in [9.17, 15) is 0 Å². The van der Waals surface area contributed by atoms with Crippen LogP contribution in [0.4, 0.5) is 0 Å². The quantitative estimate of drug-likeness (QED) is 0.465. The van der Waals surface area contributed by atoms with Crippen LogP contribution in [-0.4, -0.2) is 37.6 Å². The summed E-state index contributed by atoms with van der Waals surface area (Å²) in [5, 5.41) is 3.58. The van der Waals surface area contributed by atoms with Gasteiger partial charge in [-0.15, -0.1) is 6.58 Å². The minimum Gasteiger partial charge on any atom is -0.316 e. The average molecular weight is 238 g/mol. The smallest absolute Gasteiger partial charge is 0.00191 e. The van der Waals surface area contributed by atoms with Gasteiger partial charge >= 0.3 is 0 Å². The molecule has 1 rings (SSSR count). The molecule has 17 heavy (non-hydrogen) atoms. The van der Waals surface area contributed by atoms with E-state index in [0.717, 1.165) is 5.92 Å². The first-order valence-corrected chi connectivity index (χ1v) is 7.37. The Morgan fingerprint density at radius 2 is 2.00 bits per heavy atom. The van der Waals surface area contributed by atoms with Crippen LogP contribution in [0, 0.1) is 5.92 Å². The number of hydrogen-bond acceptors (Lipinski definition) is 2.